The molecule has 0 fully saturated rings. The van der Waals surface area contributed by atoms with Gasteiger partial charge in [0.05, 0.1) is 23.5 Å². The molecule has 20 heavy (non-hydrogen) atoms. The summed E-state index contributed by atoms with van der Waals surface area (Å²) in [6, 6.07) is 5.05. The van der Waals surface area contributed by atoms with Crippen LogP contribution in [-0.4, -0.2) is 20.1 Å². The van der Waals surface area contributed by atoms with Crippen molar-refractivity contribution in [1.82, 2.24) is 4.72 Å². The smallest absolute Gasteiger partial charge is 0.240 e. The Morgan fingerprint density at radius 2 is 2.15 bits per heavy atom. The van der Waals surface area contributed by atoms with Gasteiger partial charge in [-0.3, -0.25) is 0 Å². The SMILES string of the molecule is Cc1cc(S(=O)(=O)NC[C@@H](O)c2ccoc2)ccc1F. The molecule has 0 aliphatic carbocycles. The molecule has 2 aromatic rings. The molecule has 0 aliphatic heterocycles. The highest BCUT2D eigenvalue weighted by atomic mass is 32.2. The average Bonchev–Trinajstić information content (AvgIpc) is 2.93. The standard InChI is InChI=1S/C13H14FNO4S/c1-9-6-11(2-3-12(9)14)20(17,18)15-7-13(16)10-4-5-19-8-10/h2-6,8,13,15-16H,7H2,1H3/t13-/m1/s1. The molecule has 7 heteroatoms. The van der Waals surface area contributed by atoms with Crippen LogP contribution in [0.2, 0.25) is 0 Å². The van der Waals surface area contributed by atoms with Gasteiger partial charge in [0.1, 0.15) is 5.82 Å². The zero-order valence-corrected chi connectivity index (χ0v) is 11.5. The molecule has 0 aliphatic rings. The van der Waals surface area contributed by atoms with Gasteiger partial charge in [-0.25, -0.2) is 17.5 Å². The number of sulfonamides is 1. The van der Waals surface area contributed by atoms with E-state index in [1.54, 1.807) is 6.07 Å². The van der Waals surface area contributed by atoms with Crippen molar-refractivity contribution in [3.8, 4) is 0 Å². The lowest BCUT2D eigenvalue weighted by Crippen LogP contribution is -2.28. The Labute approximate surface area is 116 Å². The molecule has 0 unspecified atom stereocenters. The van der Waals surface area contributed by atoms with Crippen molar-refractivity contribution in [1.29, 1.82) is 0 Å². The van der Waals surface area contributed by atoms with E-state index in [2.05, 4.69) is 4.72 Å². The molecule has 1 aromatic carbocycles. The van der Waals surface area contributed by atoms with E-state index in [-0.39, 0.29) is 17.0 Å². The number of benzene rings is 1. The van der Waals surface area contributed by atoms with Crippen molar-refractivity contribution in [3.63, 3.8) is 0 Å². The summed E-state index contributed by atoms with van der Waals surface area (Å²) in [7, 11) is -3.79. The first-order valence-corrected chi connectivity index (χ1v) is 7.34. The number of halogens is 1. The largest absolute Gasteiger partial charge is 0.472 e. The van der Waals surface area contributed by atoms with Gasteiger partial charge in [-0.05, 0) is 36.8 Å². The molecule has 0 bridgehead atoms. The van der Waals surface area contributed by atoms with Crippen LogP contribution in [0.1, 0.15) is 17.2 Å². The zero-order valence-electron chi connectivity index (χ0n) is 10.7. The monoisotopic (exact) mass is 299 g/mol. The summed E-state index contributed by atoms with van der Waals surface area (Å²) in [6.45, 7) is 1.28. The summed E-state index contributed by atoms with van der Waals surface area (Å²) in [5.74, 6) is -0.470. The van der Waals surface area contributed by atoms with E-state index in [0.717, 1.165) is 6.07 Å². The minimum atomic E-state index is -3.79. The topological polar surface area (TPSA) is 79.5 Å². The Balaban J connectivity index is 2.09. The van der Waals surface area contributed by atoms with Gasteiger partial charge in [-0.2, -0.15) is 0 Å². The van der Waals surface area contributed by atoms with Crippen molar-refractivity contribution in [3.05, 3.63) is 53.7 Å². The summed E-state index contributed by atoms with van der Waals surface area (Å²) in [5, 5.41) is 9.77. The van der Waals surface area contributed by atoms with Crippen molar-refractivity contribution in [2.45, 2.75) is 17.9 Å². The van der Waals surface area contributed by atoms with Crippen molar-refractivity contribution in [2.75, 3.05) is 6.54 Å². The van der Waals surface area contributed by atoms with Crippen LogP contribution in [0.25, 0.3) is 0 Å². The zero-order chi connectivity index (χ0) is 14.8. The maximum atomic E-state index is 13.1. The number of rotatable bonds is 5. The molecule has 0 amide bonds. The molecule has 1 aromatic heterocycles. The number of hydrogen-bond acceptors (Lipinski definition) is 4. The fraction of sp³-hybridized carbons (Fsp3) is 0.231. The number of aliphatic hydroxyl groups excluding tert-OH is 1. The van der Waals surface area contributed by atoms with Gasteiger partial charge in [0, 0.05) is 12.1 Å². The number of aryl methyl sites for hydroxylation is 1. The van der Waals surface area contributed by atoms with E-state index in [0.29, 0.717) is 5.56 Å². The molecule has 2 N–H and O–H groups in total. The summed E-state index contributed by atoms with van der Waals surface area (Å²) >= 11 is 0. The van der Waals surface area contributed by atoms with Gasteiger partial charge in [-0.1, -0.05) is 0 Å². The summed E-state index contributed by atoms with van der Waals surface area (Å²) in [5.41, 5.74) is 0.714. The number of aliphatic hydroxyl groups is 1. The molecule has 1 atom stereocenters. The van der Waals surface area contributed by atoms with Crippen LogP contribution in [0, 0.1) is 12.7 Å². The summed E-state index contributed by atoms with van der Waals surface area (Å²) in [4.78, 5) is -0.0456. The third-order valence-corrected chi connectivity index (χ3v) is 4.26. The molecule has 0 saturated carbocycles. The van der Waals surface area contributed by atoms with Crippen molar-refractivity contribution < 1.29 is 22.3 Å². The van der Waals surface area contributed by atoms with Gasteiger partial charge < -0.3 is 9.52 Å². The second kappa shape index (κ2) is 5.74. The second-order valence-electron chi connectivity index (χ2n) is 4.34. The lowest BCUT2D eigenvalue weighted by molar-refractivity contribution is 0.181. The Hall–Kier alpha value is -1.70. The highest BCUT2D eigenvalue weighted by molar-refractivity contribution is 7.89. The summed E-state index contributed by atoms with van der Waals surface area (Å²) in [6.07, 6.45) is 1.71. The summed E-state index contributed by atoms with van der Waals surface area (Å²) < 4.78 is 44.2. The molecule has 0 saturated heterocycles. The van der Waals surface area contributed by atoms with E-state index in [1.165, 1.54) is 31.6 Å². The molecule has 2 rings (SSSR count). The molecule has 0 spiro atoms. The molecule has 1 heterocycles. The van der Waals surface area contributed by atoms with Gasteiger partial charge in [0.15, 0.2) is 0 Å². The van der Waals surface area contributed by atoms with E-state index in [4.69, 9.17) is 4.42 Å². The first kappa shape index (κ1) is 14.7. The fourth-order valence-corrected chi connectivity index (χ4v) is 2.76. The van der Waals surface area contributed by atoms with Crippen LogP contribution in [0.5, 0.6) is 0 Å². The van der Waals surface area contributed by atoms with Crippen LogP contribution in [0.4, 0.5) is 4.39 Å². The van der Waals surface area contributed by atoms with Crippen LogP contribution in [0.3, 0.4) is 0 Å². The van der Waals surface area contributed by atoms with E-state index in [1.807, 2.05) is 0 Å². The van der Waals surface area contributed by atoms with E-state index < -0.39 is 21.9 Å². The third-order valence-electron chi connectivity index (χ3n) is 2.83. The Morgan fingerprint density at radius 3 is 2.75 bits per heavy atom. The number of furan rings is 1. The van der Waals surface area contributed by atoms with Gasteiger partial charge in [-0.15, -0.1) is 0 Å². The molecule has 108 valence electrons. The van der Waals surface area contributed by atoms with Crippen LogP contribution in [-0.2, 0) is 10.0 Å². The van der Waals surface area contributed by atoms with Gasteiger partial charge in [0.25, 0.3) is 0 Å². The maximum absolute atomic E-state index is 13.1. The van der Waals surface area contributed by atoms with Gasteiger partial charge >= 0.3 is 0 Å². The minimum absolute atomic E-state index is 0.0456. The quantitative estimate of drug-likeness (QED) is 0.881. The Kier molecular flexibility index (Phi) is 4.22. The van der Waals surface area contributed by atoms with Crippen LogP contribution in [0.15, 0.2) is 46.1 Å². The number of hydrogen-bond donors (Lipinski definition) is 2. The lowest BCUT2D eigenvalue weighted by atomic mass is 10.2. The molecule has 5 nitrogen and oxygen atoms in total. The predicted molar refractivity (Wildman–Crippen MR) is 70.0 cm³/mol. The minimum Gasteiger partial charge on any atom is -0.472 e. The third kappa shape index (κ3) is 3.24. The maximum Gasteiger partial charge on any atom is 0.240 e. The van der Waals surface area contributed by atoms with Crippen molar-refractivity contribution in [2.24, 2.45) is 0 Å². The highest BCUT2D eigenvalue weighted by Crippen LogP contribution is 2.16. The fourth-order valence-electron chi connectivity index (χ4n) is 1.64. The molecular formula is C13H14FNO4S. The van der Waals surface area contributed by atoms with Gasteiger partial charge in [0.2, 0.25) is 10.0 Å². The van der Waals surface area contributed by atoms with E-state index in [9.17, 15) is 17.9 Å². The Bertz CT molecular complexity index is 682. The van der Waals surface area contributed by atoms with E-state index >= 15 is 0 Å². The first-order valence-electron chi connectivity index (χ1n) is 5.86. The normalized spacial score (nSPS) is 13.3. The predicted octanol–water partition coefficient (Wildman–Crippen LogP) is 1.74. The highest BCUT2D eigenvalue weighted by Gasteiger charge is 2.18. The van der Waals surface area contributed by atoms with Crippen LogP contribution < -0.4 is 4.72 Å². The molecule has 0 radical (unpaired) electrons. The molecular weight excluding hydrogens is 285 g/mol. The van der Waals surface area contributed by atoms with Crippen LogP contribution >= 0.6 is 0 Å². The lowest BCUT2D eigenvalue weighted by Gasteiger charge is -2.11. The average molecular weight is 299 g/mol. The Morgan fingerprint density at radius 1 is 1.40 bits per heavy atom. The first-order chi connectivity index (χ1) is 9.40. The number of nitrogens with one attached hydrogen (secondary N) is 1. The second-order valence-corrected chi connectivity index (χ2v) is 6.10. The van der Waals surface area contributed by atoms with Crippen molar-refractivity contribution >= 4 is 10.0 Å².